The van der Waals surface area contributed by atoms with Crippen molar-refractivity contribution >= 4 is 29.3 Å². The first-order valence-electron chi connectivity index (χ1n) is 4.93. The molecule has 86 valence electrons. The topological polar surface area (TPSA) is 69.8 Å². The lowest BCUT2D eigenvalue weighted by atomic mass is 10.2. The normalized spacial score (nSPS) is 16.9. The molecule has 1 aliphatic heterocycles. The molecule has 1 aromatic heterocycles. The first-order chi connectivity index (χ1) is 8.02. The fourth-order valence-electron chi connectivity index (χ4n) is 1.61. The average molecular weight is 246 g/mol. The molecule has 6 heteroatoms. The summed E-state index contributed by atoms with van der Waals surface area (Å²) in [7, 11) is 1.81. The van der Waals surface area contributed by atoms with Crippen molar-refractivity contribution < 1.29 is 4.79 Å². The second-order valence-corrected chi connectivity index (χ2v) is 4.12. The van der Waals surface area contributed by atoms with Crippen LogP contribution in [0.1, 0.15) is 17.0 Å². The van der Waals surface area contributed by atoms with Crippen LogP contribution in [-0.2, 0) is 11.8 Å². The minimum Gasteiger partial charge on any atom is -0.339 e. The number of amides is 1. The number of carbonyl (C=O) groups excluding carboxylic acids is 1. The number of carbonyl (C=O) groups is 1. The van der Waals surface area contributed by atoms with E-state index in [1.165, 1.54) is 0 Å². The van der Waals surface area contributed by atoms with Gasteiger partial charge in [-0.1, -0.05) is 0 Å². The molecule has 2 heterocycles. The van der Waals surface area contributed by atoms with Crippen LogP contribution in [0.25, 0.3) is 6.08 Å². The predicted octanol–water partition coefficient (Wildman–Crippen LogP) is 0.550. The molecule has 0 aromatic carbocycles. The van der Waals surface area contributed by atoms with Gasteiger partial charge in [-0.2, -0.15) is 5.26 Å². The van der Waals surface area contributed by atoms with Crippen LogP contribution in [0.3, 0.4) is 0 Å². The number of hydrogen-bond donors (Lipinski definition) is 2. The van der Waals surface area contributed by atoms with E-state index in [9.17, 15) is 4.79 Å². The summed E-state index contributed by atoms with van der Waals surface area (Å²) in [6, 6.07) is 3.82. The van der Waals surface area contributed by atoms with Crippen molar-refractivity contribution in [1.29, 1.82) is 5.26 Å². The van der Waals surface area contributed by atoms with Crippen molar-refractivity contribution in [3.63, 3.8) is 0 Å². The molecule has 1 aromatic rings. The van der Waals surface area contributed by atoms with Gasteiger partial charge < -0.3 is 9.88 Å². The Morgan fingerprint density at radius 1 is 1.53 bits per heavy atom. The maximum atomic E-state index is 11.5. The van der Waals surface area contributed by atoms with Crippen LogP contribution in [0.2, 0.25) is 0 Å². The van der Waals surface area contributed by atoms with Crippen molar-refractivity contribution in [2.45, 2.75) is 6.92 Å². The Labute approximate surface area is 104 Å². The highest BCUT2D eigenvalue weighted by atomic mass is 32.1. The van der Waals surface area contributed by atoms with Crippen LogP contribution >= 0.6 is 12.2 Å². The lowest BCUT2D eigenvalue weighted by Crippen LogP contribution is -2.21. The molecule has 1 saturated heterocycles. The first-order valence-corrected chi connectivity index (χ1v) is 5.34. The smallest absolute Gasteiger partial charge is 0.273 e. The third kappa shape index (κ3) is 1.92. The zero-order valence-electron chi connectivity index (χ0n) is 9.37. The highest BCUT2D eigenvalue weighted by molar-refractivity contribution is 7.80. The Morgan fingerprint density at radius 3 is 2.71 bits per heavy atom. The third-order valence-electron chi connectivity index (χ3n) is 2.71. The Kier molecular flexibility index (Phi) is 2.69. The van der Waals surface area contributed by atoms with Gasteiger partial charge in [-0.25, -0.2) is 0 Å². The summed E-state index contributed by atoms with van der Waals surface area (Å²) in [6.07, 6.45) is 1.69. The van der Waals surface area contributed by atoms with Crippen molar-refractivity contribution in [3.8, 4) is 6.07 Å². The molecule has 1 fully saturated rings. The number of nitriles is 1. The number of hydrogen-bond acceptors (Lipinski definition) is 3. The molecule has 1 amide bonds. The molecule has 0 unspecified atom stereocenters. The molecule has 0 radical (unpaired) electrons. The second kappa shape index (κ2) is 4.03. The van der Waals surface area contributed by atoms with E-state index in [4.69, 9.17) is 17.5 Å². The maximum absolute atomic E-state index is 11.5. The zero-order chi connectivity index (χ0) is 12.6. The van der Waals surface area contributed by atoms with Crippen LogP contribution in [0.4, 0.5) is 0 Å². The van der Waals surface area contributed by atoms with Gasteiger partial charge in [0.1, 0.15) is 17.5 Å². The van der Waals surface area contributed by atoms with E-state index in [1.807, 2.05) is 14.0 Å². The van der Waals surface area contributed by atoms with Crippen LogP contribution in [0.5, 0.6) is 0 Å². The zero-order valence-corrected chi connectivity index (χ0v) is 10.2. The van der Waals surface area contributed by atoms with Crippen molar-refractivity contribution in [1.82, 2.24) is 15.2 Å². The molecule has 0 aliphatic carbocycles. The fraction of sp³-hybridized carbons (Fsp3) is 0.182. The minimum absolute atomic E-state index is 0.253. The Morgan fingerprint density at radius 2 is 2.24 bits per heavy atom. The van der Waals surface area contributed by atoms with Gasteiger partial charge in [-0.3, -0.25) is 10.1 Å². The number of aromatic nitrogens is 1. The van der Waals surface area contributed by atoms with Gasteiger partial charge in [0.2, 0.25) is 0 Å². The van der Waals surface area contributed by atoms with Crippen molar-refractivity contribution in [2.24, 2.45) is 7.05 Å². The van der Waals surface area contributed by atoms with Gasteiger partial charge in [0.05, 0.1) is 0 Å². The Bertz CT molecular complexity index is 591. The molecule has 0 atom stereocenters. The number of thiocarbonyl (C=S) groups is 1. The molecule has 1 aliphatic rings. The summed E-state index contributed by atoms with van der Waals surface area (Å²) < 4.78 is 1.78. The van der Waals surface area contributed by atoms with Gasteiger partial charge in [-0.05, 0) is 36.8 Å². The molecule has 17 heavy (non-hydrogen) atoms. The van der Waals surface area contributed by atoms with Crippen LogP contribution in [-0.4, -0.2) is 15.6 Å². The molecule has 0 spiro atoms. The molecule has 2 rings (SSSR count). The summed E-state index contributed by atoms with van der Waals surface area (Å²) in [4.78, 5) is 11.5. The van der Waals surface area contributed by atoms with E-state index >= 15 is 0 Å². The van der Waals surface area contributed by atoms with Gasteiger partial charge in [0.25, 0.3) is 5.91 Å². The predicted molar refractivity (Wildman–Crippen MR) is 66.7 cm³/mol. The fourth-order valence-corrected chi connectivity index (χ4v) is 1.82. The number of nitrogens with one attached hydrogen (secondary N) is 2. The molecular weight excluding hydrogens is 236 g/mol. The molecule has 5 nitrogen and oxygen atoms in total. The molecule has 0 saturated carbocycles. The van der Waals surface area contributed by atoms with E-state index < -0.39 is 0 Å². The Balaban J connectivity index is 2.44. The van der Waals surface area contributed by atoms with Crippen LogP contribution in [0.15, 0.2) is 11.8 Å². The summed E-state index contributed by atoms with van der Waals surface area (Å²) >= 11 is 4.83. The van der Waals surface area contributed by atoms with E-state index in [0.717, 1.165) is 11.3 Å². The van der Waals surface area contributed by atoms with Gasteiger partial charge in [0, 0.05) is 12.7 Å². The van der Waals surface area contributed by atoms with Crippen LogP contribution < -0.4 is 10.6 Å². The largest absolute Gasteiger partial charge is 0.339 e. The van der Waals surface area contributed by atoms with Gasteiger partial charge >= 0.3 is 0 Å². The monoisotopic (exact) mass is 246 g/mol. The average Bonchev–Trinajstić information content (AvgIpc) is 2.73. The third-order valence-corrected chi connectivity index (χ3v) is 2.91. The summed E-state index contributed by atoms with van der Waals surface area (Å²) in [5, 5.41) is 14.5. The minimum atomic E-state index is -0.253. The van der Waals surface area contributed by atoms with E-state index in [1.54, 1.807) is 16.7 Å². The highest BCUT2D eigenvalue weighted by Crippen LogP contribution is 2.17. The lowest BCUT2D eigenvalue weighted by molar-refractivity contribution is -0.115. The standard InChI is InChI=1S/C11H10N4OS/c1-6-7(3-8(5-12)15(6)2)4-9-10(16)14-11(17)13-9/h3-4H,1-2H3,(H2,13,14,16,17)/b9-4-. The molecule has 2 N–H and O–H groups in total. The Hall–Kier alpha value is -2.13. The SMILES string of the molecule is Cc1c(/C=C2\NC(=S)NC2=O)cc(C#N)n1C. The van der Waals surface area contributed by atoms with E-state index in [-0.39, 0.29) is 5.91 Å². The molecule has 0 bridgehead atoms. The summed E-state index contributed by atoms with van der Waals surface area (Å²) in [5.74, 6) is -0.253. The van der Waals surface area contributed by atoms with Crippen molar-refractivity contribution in [3.05, 3.63) is 28.7 Å². The van der Waals surface area contributed by atoms with E-state index in [2.05, 4.69) is 16.7 Å². The number of nitrogens with zero attached hydrogens (tertiary/aromatic N) is 2. The van der Waals surface area contributed by atoms with Gasteiger partial charge in [-0.15, -0.1) is 0 Å². The van der Waals surface area contributed by atoms with Crippen LogP contribution in [0, 0.1) is 18.3 Å². The van der Waals surface area contributed by atoms with Crippen molar-refractivity contribution in [2.75, 3.05) is 0 Å². The quantitative estimate of drug-likeness (QED) is 0.561. The molecular formula is C11H10N4OS. The second-order valence-electron chi connectivity index (χ2n) is 3.71. The summed E-state index contributed by atoms with van der Waals surface area (Å²) in [6.45, 7) is 1.89. The number of rotatable bonds is 1. The van der Waals surface area contributed by atoms with Gasteiger partial charge in [0.15, 0.2) is 5.11 Å². The maximum Gasteiger partial charge on any atom is 0.273 e. The first kappa shape index (κ1) is 11.4. The van der Waals surface area contributed by atoms with E-state index in [0.29, 0.717) is 16.5 Å². The summed E-state index contributed by atoms with van der Waals surface area (Å²) in [5.41, 5.74) is 2.69. The highest BCUT2D eigenvalue weighted by Gasteiger charge is 2.20. The lowest BCUT2D eigenvalue weighted by Gasteiger charge is -1.98.